The zero-order valence-electron chi connectivity index (χ0n) is 10.5. The minimum Gasteiger partial charge on any atom is -0.475 e. The van der Waals surface area contributed by atoms with Gasteiger partial charge in [-0.15, -0.1) is 0 Å². The average Bonchev–Trinajstić information content (AvgIpc) is 2.86. The molecule has 1 fully saturated rings. The molecule has 98 valence electrons. The number of hydrogen-bond acceptors (Lipinski definition) is 3. The van der Waals surface area contributed by atoms with Gasteiger partial charge in [0.15, 0.2) is 5.76 Å². The van der Waals surface area contributed by atoms with Gasteiger partial charge in [-0.25, -0.2) is 4.79 Å². The Morgan fingerprint density at radius 3 is 2.56 bits per heavy atom. The van der Waals surface area contributed by atoms with Crippen LogP contribution < -0.4 is 5.32 Å². The summed E-state index contributed by atoms with van der Waals surface area (Å²) < 4.78 is 4.97. The lowest BCUT2D eigenvalue weighted by atomic mass is 9.87. The zero-order valence-corrected chi connectivity index (χ0v) is 10.5. The summed E-state index contributed by atoms with van der Waals surface area (Å²) in [6.07, 6.45) is 3.12. The largest absolute Gasteiger partial charge is 0.475 e. The van der Waals surface area contributed by atoms with E-state index in [0.717, 1.165) is 19.3 Å². The minimum atomic E-state index is -1.17. The smallest absolute Gasteiger partial charge is 0.371 e. The van der Waals surface area contributed by atoms with E-state index in [0.29, 0.717) is 0 Å². The molecule has 0 radical (unpaired) electrons. The van der Waals surface area contributed by atoms with Crippen molar-refractivity contribution < 1.29 is 19.1 Å². The molecule has 0 saturated heterocycles. The molecule has 1 aliphatic carbocycles. The molecule has 18 heavy (non-hydrogen) atoms. The Kier molecular flexibility index (Phi) is 3.15. The number of carboxylic acids is 1. The van der Waals surface area contributed by atoms with Crippen molar-refractivity contribution in [1.82, 2.24) is 5.32 Å². The molecule has 0 spiro atoms. The highest BCUT2D eigenvalue weighted by Crippen LogP contribution is 2.37. The molecule has 1 aromatic heterocycles. The number of carbonyl (C=O) groups is 2. The summed E-state index contributed by atoms with van der Waals surface area (Å²) in [6, 6.07) is 2.79. The first-order chi connectivity index (χ1) is 8.40. The Morgan fingerprint density at radius 2 is 2.06 bits per heavy atom. The van der Waals surface area contributed by atoms with Crippen LogP contribution in [0.3, 0.4) is 0 Å². The Labute approximate surface area is 105 Å². The molecular weight excluding hydrogens is 234 g/mol. The minimum absolute atomic E-state index is 0.0510. The molecule has 1 unspecified atom stereocenters. The van der Waals surface area contributed by atoms with Gasteiger partial charge in [0.05, 0.1) is 0 Å². The second-order valence-electron chi connectivity index (χ2n) is 5.38. The fourth-order valence-electron chi connectivity index (χ4n) is 2.40. The number of aromatic carboxylic acids is 1. The Balaban J connectivity index is 2.05. The van der Waals surface area contributed by atoms with E-state index in [9.17, 15) is 9.59 Å². The molecule has 1 atom stereocenters. The standard InChI is InChI=1S/C13H17NO4/c1-13(2)7-3-4-10(13)14-11(15)8-5-6-9(18-8)12(16)17/h5-6,10H,3-4,7H2,1-2H3,(H,14,15)(H,16,17). The van der Waals surface area contributed by atoms with Crippen molar-refractivity contribution in [3.8, 4) is 0 Å². The Morgan fingerprint density at radius 1 is 1.39 bits per heavy atom. The third kappa shape index (κ3) is 2.39. The normalized spacial score (nSPS) is 21.8. The van der Waals surface area contributed by atoms with Crippen molar-refractivity contribution in [1.29, 1.82) is 0 Å². The van der Waals surface area contributed by atoms with Crippen molar-refractivity contribution in [2.24, 2.45) is 5.41 Å². The fraction of sp³-hybridized carbons (Fsp3) is 0.538. The van der Waals surface area contributed by atoms with Crippen LogP contribution in [-0.2, 0) is 0 Å². The van der Waals surface area contributed by atoms with Crippen molar-refractivity contribution in [3.05, 3.63) is 23.7 Å². The van der Waals surface area contributed by atoms with Gasteiger partial charge in [0.25, 0.3) is 5.91 Å². The molecule has 2 N–H and O–H groups in total. The molecule has 5 heteroatoms. The van der Waals surface area contributed by atoms with Gasteiger partial charge in [-0.3, -0.25) is 4.79 Å². The second-order valence-corrected chi connectivity index (χ2v) is 5.38. The maximum atomic E-state index is 11.9. The number of rotatable bonds is 3. The van der Waals surface area contributed by atoms with E-state index < -0.39 is 5.97 Å². The third-order valence-electron chi connectivity index (χ3n) is 3.60. The van der Waals surface area contributed by atoms with Gasteiger partial charge in [-0.05, 0) is 30.4 Å². The number of carbonyl (C=O) groups excluding carboxylic acids is 1. The number of furan rings is 1. The maximum Gasteiger partial charge on any atom is 0.371 e. The van der Waals surface area contributed by atoms with E-state index in [2.05, 4.69) is 19.2 Å². The lowest BCUT2D eigenvalue weighted by Gasteiger charge is -2.27. The van der Waals surface area contributed by atoms with Gasteiger partial charge in [0.2, 0.25) is 5.76 Å². The van der Waals surface area contributed by atoms with Crippen LogP contribution in [0.4, 0.5) is 0 Å². The van der Waals surface area contributed by atoms with Gasteiger partial charge >= 0.3 is 5.97 Å². The molecule has 5 nitrogen and oxygen atoms in total. The predicted molar refractivity (Wildman–Crippen MR) is 64.6 cm³/mol. The quantitative estimate of drug-likeness (QED) is 0.863. The van der Waals surface area contributed by atoms with Crippen molar-refractivity contribution >= 4 is 11.9 Å². The van der Waals surface area contributed by atoms with Gasteiger partial charge < -0.3 is 14.8 Å². The average molecular weight is 251 g/mol. The van der Waals surface area contributed by atoms with Crippen LogP contribution in [0, 0.1) is 5.41 Å². The van der Waals surface area contributed by atoms with Crippen LogP contribution in [-0.4, -0.2) is 23.0 Å². The van der Waals surface area contributed by atoms with Gasteiger partial charge in [-0.1, -0.05) is 20.3 Å². The first-order valence-corrected chi connectivity index (χ1v) is 6.04. The molecule has 1 saturated carbocycles. The van der Waals surface area contributed by atoms with Gasteiger partial charge in [-0.2, -0.15) is 0 Å². The second kappa shape index (κ2) is 4.48. The molecule has 1 aliphatic rings. The van der Waals surface area contributed by atoms with Crippen LogP contribution >= 0.6 is 0 Å². The first-order valence-electron chi connectivity index (χ1n) is 6.04. The number of amides is 1. The highest BCUT2D eigenvalue weighted by atomic mass is 16.4. The summed E-state index contributed by atoms with van der Waals surface area (Å²) in [5.74, 6) is -1.68. The summed E-state index contributed by atoms with van der Waals surface area (Å²) in [4.78, 5) is 22.6. The van der Waals surface area contributed by atoms with Crippen molar-refractivity contribution in [2.75, 3.05) is 0 Å². The summed E-state index contributed by atoms with van der Waals surface area (Å²) in [6.45, 7) is 4.24. The zero-order chi connectivity index (χ0) is 13.3. The summed E-state index contributed by atoms with van der Waals surface area (Å²) in [5, 5.41) is 11.6. The van der Waals surface area contributed by atoms with E-state index in [1.54, 1.807) is 0 Å². The van der Waals surface area contributed by atoms with Crippen LogP contribution in [0.15, 0.2) is 16.5 Å². The van der Waals surface area contributed by atoms with E-state index in [-0.39, 0.29) is 28.9 Å². The van der Waals surface area contributed by atoms with Crippen LogP contribution in [0.1, 0.15) is 54.2 Å². The molecule has 1 aromatic rings. The van der Waals surface area contributed by atoms with Crippen LogP contribution in [0.5, 0.6) is 0 Å². The molecular formula is C13H17NO4. The molecule has 0 aliphatic heterocycles. The predicted octanol–water partition coefficient (Wildman–Crippen LogP) is 2.29. The number of carboxylic acid groups (broad SMARTS) is 1. The molecule has 0 aromatic carbocycles. The fourth-order valence-corrected chi connectivity index (χ4v) is 2.40. The monoisotopic (exact) mass is 251 g/mol. The van der Waals surface area contributed by atoms with Crippen LogP contribution in [0.25, 0.3) is 0 Å². The van der Waals surface area contributed by atoms with Crippen molar-refractivity contribution in [2.45, 2.75) is 39.2 Å². The lowest BCUT2D eigenvalue weighted by Crippen LogP contribution is -2.41. The topological polar surface area (TPSA) is 79.5 Å². The first kappa shape index (κ1) is 12.7. The molecule has 0 bridgehead atoms. The molecule has 1 heterocycles. The highest BCUT2D eigenvalue weighted by molar-refractivity contribution is 5.93. The van der Waals surface area contributed by atoms with Gasteiger partial charge in [0, 0.05) is 6.04 Å². The van der Waals surface area contributed by atoms with Gasteiger partial charge in [0.1, 0.15) is 0 Å². The third-order valence-corrected chi connectivity index (χ3v) is 3.60. The summed E-state index contributed by atoms with van der Waals surface area (Å²) in [7, 11) is 0. The SMILES string of the molecule is CC1(C)CCCC1NC(=O)c1ccc(C(=O)O)o1. The van der Waals surface area contributed by atoms with E-state index in [4.69, 9.17) is 9.52 Å². The Bertz CT molecular complexity index is 475. The lowest BCUT2D eigenvalue weighted by molar-refractivity contribution is 0.0659. The van der Waals surface area contributed by atoms with Crippen molar-refractivity contribution in [3.63, 3.8) is 0 Å². The summed E-state index contributed by atoms with van der Waals surface area (Å²) >= 11 is 0. The van der Waals surface area contributed by atoms with Crippen LogP contribution in [0.2, 0.25) is 0 Å². The molecule has 1 amide bonds. The summed E-state index contributed by atoms with van der Waals surface area (Å²) in [5.41, 5.74) is 0.0812. The number of hydrogen-bond donors (Lipinski definition) is 2. The van der Waals surface area contributed by atoms with E-state index in [1.807, 2.05) is 0 Å². The number of nitrogens with one attached hydrogen (secondary N) is 1. The van der Waals surface area contributed by atoms with E-state index >= 15 is 0 Å². The maximum absolute atomic E-state index is 11.9. The highest BCUT2D eigenvalue weighted by Gasteiger charge is 2.35. The Hall–Kier alpha value is -1.78. The van der Waals surface area contributed by atoms with E-state index in [1.165, 1.54) is 12.1 Å². The molecule has 2 rings (SSSR count).